The Kier molecular flexibility index (Phi) is 3.69. The number of ether oxygens (including phenoxy) is 1. The van der Waals surface area contributed by atoms with Crippen LogP contribution in [-0.2, 0) is 0 Å². The van der Waals surface area contributed by atoms with Crippen LogP contribution >= 0.6 is 0 Å². The molecule has 0 bridgehead atoms. The first kappa shape index (κ1) is 14.8. The van der Waals surface area contributed by atoms with Crippen molar-refractivity contribution in [2.45, 2.75) is 19.4 Å². The third-order valence-corrected chi connectivity index (χ3v) is 4.45. The SMILES string of the molecule is Cc1c(C(=O)N2CC[C@@H](Oc3ccccc3)C2)nc2ccccn12. The van der Waals surface area contributed by atoms with Crippen LogP contribution in [0, 0.1) is 6.92 Å². The van der Waals surface area contributed by atoms with Gasteiger partial charge in [0.15, 0.2) is 0 Å². The summed E-state index contributed by atoms with van der Waals surface area (Å²) in [5.41, 5.74) is 2.21. The highest BCUT2D eigenvalue weighted by molar-refractivity contribution is 5.94. The molecule has 1 aliphatic heterocycles. The normalized spacial score (nSPS) is 17.4. The summed E-state index contributed by atoms with van der Waals surface area (Å²) >= 11 is 0. The number of aryl methyl sites for hydroxylation is 1. The Bertz CT molecular complexity index is 873. The number of rotatable bonds is 3. The van der Waals surface area contributed by atoms with Crippen LogP contribution in [0.2, 0.25) is 0 Å². The van der Waals surface area contributed by atoms with E-state index >= 15 is 0 Å². The van der Waals surface area contributed by atoms with E-state index in [1.54, 1.807) is 0 Å². The summed E-state index contributed by atoms with van der Waals surface area (Å²) in [6.45, 7) is 3.23. The second-order valence-electron chi connectivity index (χ2n) is 6.07. The molecule has 1 aromatic carbocycles. The largest absolute Gasteiger partial charge is 0.489 e. The maximum absolute atomic E-state index is 12.8. The van der Waals surface area contributed by atoms with Crippen LogP contribution in [0.3, 0.4) is 0 Å². The average molecular weight is 321 g/mol. The Balaban J connectivity index is 1.50. The van der Waals surface area contributed by atoms with Gasteiger partial charge in [0.2, 0.25) is 0 Å². The molecule has 0 radical (unpaired) electrons. The van der Waals surface area contributed by atoms with Gasteiger partial charge in [-0.3, -0.25) is 4.79 Å². The summed E-state index contributed by atoms with van der Waals surface area (Å²) < 4.78 is 7.91. The molecular formula is C19H19N3O2. The molecule has 5 heteroatoms. The lowest BCUT2D eigenvalue weighted by Crippen LogP contribution is -2.31. The van der Waals surface area contributed by atoms with Gasteiger partial charge in [0.1, 0.15) is 23.2 Å². The van der Waals surface area contributed by atoms with Crippen LogP contribution < -0.4 is 4.74 Å². The van der Waals surface area contributed by atoms with Gasteiger partial charge >= 0.3 is 0 Å². The maximum atomic E-state index is 12.8. The summed E-state index contributed by atoms with van der Waals surface area (Å²) in [6, 6.07) is 15.5. The third-order valence-electron chi connectivity index (χ3n) is 4.45. The standard InChI is InChI=1S/C19H19N3O2/c1-14-18(20-17-9-5-6-11-22(14)17)19(23)21-12-10-16(13-21)24-15-7-3-2-4-8-15/h2-9,11,16H,10,12-13H2,1H3/t16-/m1/s1. The molecule has 1 amide bonds. The first-order valence-corrected chi connectivity index (χ1v) is 8.17. The van der Waals surface area contributed by atoms with E-state index in [-0.39, 0.29) is 12.0 Å². The van der Waals surface area contributed by atoms with E-state index in [1.807, 2.05) is 71.0 Å². The average Bonchev–Trinajstić information content (AvgIpc) is 3.21. The fraction of sp³-hybridized carbons (Fsp3) is 0.263. The number of carbonyl (C=O) groups is 1. The maximum Gasteiger partial charge on any atom is 0.274 e. The lowest BCUT2D eigenvalue weighted by molar-refractivity contribution is 0.0766. The Morgan fingerprint density at radius 1 is 1.17 bits per heavy atom. The van der Waals surface area contributed by atoms with E-state index in [1.165, 1.54) is 0 Å². The molecule has 4 rings (SSSR count). The van der Waals surface area contributed by atoms with Crippen LogP contribution in [-0.4, -0.2) is 39.4 Å². The number of amides is 1. The molecule has 5 nitrogen and oxygen atoms in total. The van der Waals surface area contributed by atoms with E-state index in [0.29, 0.717) is 18.8 Å². The van der Waals surface area contributed by atoms with Crippen LogP contribution in [0.4, 0.5) is 0 Å². The van der Waals surface area contributed by atoms with Crippen molar-refractivity contribution in [2.24, 2.45) is 0 Å². The monoisotopic (exact) mass is 321 g/mol. The molecule has 1 fully saturated rings. The Labute approximate surface area is 140 Å². The fourth-order valence-corrected chi connectivity index (χ4v) is 3.17. The number of aromatic nitrogens is 2. The van der Waals surface area contributed by atoms with Crippen LogP contribution in [0.15, 0.2) is 54.7 Å². The number of hydrogen-bond donors (Lipinski definition) is 0. The number of carbonyl (C=O) groups excluding carboxylic acids is 1. The lowest BCUT2D eigenvalue weighted by atomic mass is 10.3. The molecule has 0 aliphatic carbocycles. The van der Waals surface area contributed by atoms with Gasteiger partial charge in [-0.25, -0.2) is 4.98 Å². The molecule has 1 aliphatic rings. The summed E-state index contributed by atoms with van der Waals surface area (Å²) in [6.07, 6.45) is 2.81. The zero-order valence-electron chi connectivity index (χ0n) is 13.6. The van der Waals surface area contributed by atoms with Gasteiger partial charge in [0.25, 0.3) is 5.91 Å². The van der Waals surface area contributed by atoms with Gasteiger partial charge in [0, 0.05) is 19.2 Å². The van der Waals surface area contributed by atoms with Crippen molar-refractivity contribution in [3.63, 3.8) is 0 Å². The number of pyridine rings is 1. The zero-order valence-corrected chi connectivity index (χ0v) is 13.6. The Morgan fingerprint density at radius 3 is 2.75 bits per heavy atom. The van der Waals surface area contributed by atoms with Crippen molar-refractivity contribution >= 4 is 11.6 Å². The lowest BCUT2D eigenvalue weighted by Gasteiger charge is -2.16. The number of nitrogens with zero attached hydrogens (tertiary/aromatic N) is 3. The first-order chi connectivity index (χ1) is 11.7. The van der Waals surface area contributed by atoms with Gasteiger partial charge in [-0.15, -0.1) is 0 Å². The van der Waals surface area contributed by atoms with Crippen LogP contribution in [0.25, 0.3) is 5.65 Å². The van der Waals surface area contributed by atoms with Crippen molar-refractivity contribution < 1.29 is 9.53 Å². The molecule has 1 saturated heterocycles. The Morgan fingerprint density at radius 2 is 1.96 bits per heavy atom. The minimum Gasteiger partial charge on any atom is -0.489 e. The molecule has 2 aromatic heterocycles. The van der Waals surface area contributed by atoms with E-state index < -0.39 is 0 Å². The number of likely N-dealkylation sites (tertiary alicyclic amines) is 1. The fourth-order valence-electron chi connectivity index (χ4n) is 3.17. The molecule has 0 N–H and O–H groups in total. The summed E-state index contributed by atoms with van der Waals surface area (Å²) in [4.78, 5) is 19.2. The summed E-state index contributed by atoms with van der Waals surface area (Å²) in [7, 11) is 0. The predicted octanol–water partition coefficient (Wildman–Crippen LogP) is 2.94. The summed E-state index contributed by atoms with van der Waals surface area (Å²) in [5, 5.41) is 0. The van der Waals surface area contributed by atoms with E-state index in [0.717, 1.165) is 23.5 Å². The molecule has 0 unspecified atom stereocenters. The minimum absolute atomic E-state index is 0.0182. The molecule has 24 heavy (non-hydrogen) atoms. The number of benzene rings is 1. The molecule has 0 saturated carbocycles. The highest BCUT2D eigenvalue weighted by atomic mass is 16.5. The second-order valence-corrected chi connectivity index (χ2v) is 6.07. The van der Waals surface area contributed by atoms with Crippen molar-refractivity contribution in [1.29, 1.82) is 0 Å². The second kappa shape index (κ2) is 6.00. The molecule has 3 aromatic rings. The molecule has 0 spiro atoms. The molecular weight excluding hydrogens is 302 g/mol. The van der Waals surface area contributed by atoms with Gasteiger partial charge in [-0.05, 0) is 31.2 Å². The number of para-hydroxylation sites is 1. The van der Waals surface area contributed by atoms with Crippen molar-refractivity contribution in [3.05, 3.63) is 66.1 Å². The van der Waals surface area contributed by atoms with Crippen molar-refractivity contribution in [1.82, 2.24) is 14.3 Å². The van der Waals surface area contributed by atoms with Gasteiger partial charge in [-0.2, -0.15) is 0 Å². The third kappa shape index (κ3) is 2.62. The highest BCUT2D eigenvalue weighted by Gasteiger charge is 2.30. The van der Waals surface area contributed by atoms with Crippen LogP contribution in [0.1, 0.15) is 22.6 Å². The number of imidazole rings is 1. The van der Waals surface area contributed by atoms with Gasteiger partial charge in [-0.1, -0.05) is 24.3 Å². The van der Waals surface area contributed by atoms with Crippen molar-refractivity contribution in [3.8, 4) is 5.75 Å². The molecule has 3 heterocycles. The Hall–Kier alpha value is -2.82. The number of fused-ring (bicyclic) bond motifs is 1. The predicted molar refractivity (Wildman–Crippen MR) is 91.3 cm³/mol. The number of hydrogen-bond acceptors (Lipinski definition) is 3. The smallest absolute Gasteiger partial charge is 0.274 e. The van der Waals surface area contributed by atoms with Gasteiger partial charge < -0.3 is 14.0 Å². The van der Waals surface area contributed by atoms with E-state index in [9.17, 15) is 4.79 Å². The molecule has 122 valence electrons. The first-order valence-electron chi connectivity index (χ1n) is 8.17. The summed E-state index contributed by atoms with van der Waals surface area (Å²) in [5.74, 6) is 0.830. The quantitative estimate of drug-likeness (QED) is 0.745. The molecule has 1 atom stereocenters. The van der Waals surface area contributed by atoms with E-state index in [2.05, 4.69) is 4.98 Å². The van der Waals surface area contributed by atoms with Crippen LogP contribution in [0.5, 0.6) is 5.75 Å². The minimum atomic E-state index is -0.0182. The van der Waals surface area contributed by atoms with Gasteiger partial charge in [0.05, 0.1) is 12.2 Å². The zero-order chi connectivity index (χ0) is 16.5. The highest BCUT2D eigenvalue weighted by Crippen LogP contribution is 2.21. The topological polar surface area (TPSA) is 46.8 Å². The van der Waals surface area contributed by atoms with E-state index in [4.69, 9.17) is 4.74 Å². The van der Waals surface area contributed by atoms with Crippen molar-refractivity contribution in [2.75, 3.05) is 13.1 Å².